The Morgan fingerprint density at radius 3 is 2.39 bits per heavy atom. The number of nitrogens with one attached hydrogen (secondary N) is 1. The zero-order valence-corrected chi connectivity index (χ0v) is 16.0. The molecule has 23 heavy (non-hydrogen) atoms. The normalized spacial score (nSPS) is 17.0. The lowest BCUT2D eigenvalue weighted by atomic mass is 10.0. The van der Waals surface area contributed by atoms with Crippen molar-refractivity contribution in [3.8, 4) is 0 Å². The highest BCUT2D eigenvalue weighted by atomic mass is 35.5. The molecule has 1 amide bonds. The lowest BCUT2D eigenvalue weighted by Gasteiger charge is -2.35. The zero-order valence-electron chi connectivity index (χ0n) is 14.3. The number of likely N-dealkylation sites (tertiary alicyclic amines) is 1. The Morgan fingerprint density at radius 2 is 1.87 bits per heavy atom. The zero-order chi connectivity index (χ0) is 15.9. The fourth-order valence-corrected chi connectivity index (χ4v) is 4.12. The number of halogens is 1. The molecule has 0 saturated carbocycles. The van der Waals surface area contributed by atoms with Crippen molar-refractivity contribution in [3.63, 3.8) is 0 Å². The molecule has 1 aliphatic rings. The summed E-state index contributed by atoms with van der Waals surface area (Å²) in [5, 5.41) is 3.38. The first kappa shape index (κ1) is 20.3. The Hall–Kier alpha value is -0.710. The minimum absolute atomic E-state index is 0. The van der Waals surface area contributed by atoms with Crippen LogP contribution in [0.2, 0.25) is 0 Å². The smallest absolute Gasteiger partial charge is 0.235 e. The molecule has 1 heterocycles. The summed E-state index contributed by atoms with van der Waals surface area (Å²) in [6.07, 6.45) is 2.13. The summed E-state index contributed by atoms with van der Waals surface area (Å²) in [6.45, 7) is 6.08. The first-order valence-corrected chi connectivity index (χ1v) is 9.28. The van der Waals surface area contributed by atoms with E-state index in [0.717, 1.165) is 31.7 Å². The van der Waals surface area contributed by atoms with Gasteiger partial charge >= 0.3 is 0 Å². The Labute approximate surface area is 151 Å². The van der Waals surface area contributed by atoms with Crippen molar-refractivity contribution >= 4 is 30.1 Å². The minimum atomic E-state index is 0. The van der Waals surface area contributed by atoms with Crippen LogP contribution in [0.25, 0.3) is 0 Å². The molecule has 1 atom stereocenters. The summed E-state index contributed by atoms with van der Waals surface area (Å²) in [5.41, 5.74) is 1.29. The molecule has 3 nitrogen and oxygen atoms in total. The molecule has 1 aliphatic heterocycles. The van der Waals surface area contributed by atoms with Gasteiger partial charge in [-0.3, -0.25) is 4.79 Å². The number of amides is 1. The number of hydrogen-bond acceptors (Lipinski definition) is 3. The SMILES string of the molecule is CNC1CCN(C(=O)C(SCc2ccccc2)C(C)C)CC1.Cl. The van der Waals surface area contributed by atoms with E-state index in [2.05, 4.69) is 48.3 Å². The van der Waals surface area contributed by atoms with E-state index in [-0.39, 0.29) is 17.7 Å². The molecular formula is C18H29ClN2OS. The second-order valence-electron chi connectivity index (χ2n) is 6.35. The average Bonchev–Trinajstić information content (AvgIpc) is 2.55. The number of benzene rings is 1. The second kappa shape index (κ2) is 10.2. The number of hydrogen-bond donors (Lipinski definition) is 1. The highest BCUT2D eigenvalue weighted by Gasteiger charge is 2.30. The van der Waals surface area contributed by atoms with Crippen molar-refractivity contribution in [2.45, 2.75) is 43.7 Å². The van der Waals surface area contributed by atoms with Crippen molar-refractivity contribution in [2.75, 3.05) is 20.1 Å². The van der Waals surface area contributed by atoms with Crippen LogP contribution >= 0.6 is 24.2 Å². The second-order valence-corrected chi connectivity index (χ2v) is 7.48. The first-order chi connectivity index (χ1) is 10.6. The van der Waals surface area contributed by atoms with Gasteiger partial charge in [0.25, 0.3) is 0 Å². The summed E-state index contributed by atoms with van der Waals surface area (Å²) in [5.74, 6) is 1.59. The van der Waals surface area contributed by atoms with Crippen LogP contribution in [0.5, 0.6) is 0 Å². The number of thioether (sulfide) groups is 1. The van der Waals surface area contributed by atoms with Gasteiger partial charge in [-0.2, -0.15) is 0 Å². The number of piperidine rings is 1. The van der Waals surface area contributed by atoms with E-state index in [0.29, 0.717) is 17.9 Å². The summed E-state index contributed by atoms with van der Waals surface area (Å²) in [4.78, 5) is 14.9. The van der Waals surface area contributed by atoms with E-state index in [9.17, 15) is 4.79 Å². The molecular weight excluding hydrogens is 328 g/mol. The Morgan fingerprint density at radius 1 is 1.26 bits per heavy atom. The van der Waals surface area contributed by atoms with Crippen molar-refractivity contribution in [1.82, 2.24) is 10.2 Å². The number of carbonyl (C=O) groups excluding carboxylic acids is 1. The Bertz CT molecular complexity index is 461. The Kier molecular flexibility index (Phi) is 9.03. The summed E-state index contributed by atoms with van der Waals surface area (Å²) in [6, 6.07) is 11.0. The molecule has 0 aromatic heterocycles. The van der Waals surface area contributed by atoms with Crippen molar-refractivity contribution in [3.05, 3.63) is 35.9 Å². The van der Waals surface area contributed by atoms with Crippen LogP contribution in [0.3, 0.4) is 0 Å². The number of nitrogens with zero attached hydrogens (tertiary/aromatic N) is 1. The van der Waals surface area contributed by atoms with Gasteiger partial charge in [0.15, 0.2) is 0 Å². The molecule has 0 spiro atoms. The maximum atomic E-state index is 12.8. The number of carbonyl (C=O) groups is 1. The highest BCUT2D eigenvalue weighted by Crippen LogP contribution is 2.26. The molecule has 0 radical (unpaired) electrons. The maximum Gasteiger partial charge on any atom is 0.235 e. The van der Waals surface area contributed by atoms with Gasteiger partial charge in [-0.25, -0.2) is 0 Å². The van der Waals surface area contributed by atoms with Crippen LogP contribution in [0.1, 0.15) is 32.3 Å². The largest absolute Gasteiger partial charge is 0.342 e. The Balaban J connectivity index is 0.00000264. The molecule has 130 valence electrons. The van der Waals surface area contributed by atoms with E-state index in [1.807, 2.05) is 13.1 Å². The van der Waals surface area contributed by atoms with E-state index in [4.69, 9.17) is 0 Å². The average molecular weight is 357 g/mol. The van der Waals surface area contributed by atoms with Crippen LogP contribution in [-0.2, 0) is 10.5 Å². The first-order valence-electron chi connectivity index (χ1n) is 8.23. The van der Waals surface area contributed by atoms with Crippen molar-refractivity contribution in [1.29, 1.82) is 0 Å². The van der Waals surface area contributed by atoms with Crippen molar-refractivity contribution < 1.29 is 4.79 Å². The van der Waals surface area contributed by atoms with Gasteiger partial charge in [0.2, 0.25) is 5.91 Å². The lowest BCUT2D eigenvalue weighted by Crippen LogP contribution is -2.47. The molecule has 1 N–H and O–H groups in total. The molecule has 1 fully saturated rings. The van der Waals surface area contributed by atoms with E-state index < -0.39 is 0 Å². The summed E-state index contributed by atoms with van der Waals surface area (Å²) < 4.78 is 0. The van der Waals surface area contributed by atoms with Crippen LogP contribution < -0.4 is 5.32 Å². The van der Waals surface area contributed by atoms with Gasteiger partial charge in [-0.15, -0.1) is 24.2 Å². The lowest BCUT2D eigenvalue weighted by molar-refractivity contribution is -0.132. The minimum Gasteiger partial charge on any atom is -0.342 e. The van der Waals surface area contributed by atoms with Crippen molar-refractivity contribution in [2.24, 2.45) is 5.92 Å². The van der Waals surface area contributed by atoms with Gasteiger partial charge in [-0.1, -0.05) is 44.2 Å². The standard InChI is InChI=1S/C18H28N2OS.ClH/c1-14(2)17(22-13-15-7-5-4-6-8-15)18(21)20-11-9-16(19-3)10-12-20;/h4-8,14,16-17,19H,9-13H2,1-3H3;1H. The topological polar surface area (TPSA) is 32.3 Å². The van der Waals surface area contributed by atoms with Gasteiger partial charge < -0.3 is 10.2 Å². The van der Waals surface area contributed by atoms with E-state index in [1.54, 1.807) is 11.8 Å². The van der Waals surface area contributed by atoms with Gasteiger partial charge in [-0.05, 0) is 31.4 Å². The summed E-state index contributed by atoms with van der Waals surface area (Å²) in [7, 11) is 2.01. The summed E-state index contributed by atoms with van der Waals surface area (Å²) >= 11 is 1.78. The maximum absolute atomic E-state index is 12.8. The van der Waals surface area contributed by atoms with Crippen LogP contribution in [0.4, 0.5) is 0 Å². The fourth-order valence-electron chi connectivity index (χ4n) is 2.88. The molecule has 2 rings (SSSR count). The monoisotopic (exact) mass is 356 g/mol. The van der Waals surface area contributed by atoms with E-state index >= 15 is 0 Å². The molecule has 0 aliphatic carbocycles. The van der Waals surface area contributed by atoms with Crippen LogP contribution in [0.15, 0.2) is 30.3 Å². The molecule has 1 unspecified atom stereocenters. The predicted molar refractivity (Wildman–Crippen MR) is 102 cm³/mol. The quantitative estimate of drug-likeness (QED) is 0.845. The molecule has 5 heteroatoms. The van der Waals surface area contributed by atoms with Gasteiger partial charge in [0.05, 0.1) is 5.25 Å². The molecule has 0 bridgehead atoms. The number of rotatable bonds is 6. The third kappa shape index (κ3) is 6.02. The van der Waals surface area contributed by atoms with Crippen LogP contribution in [0, 0.1) is 5.92 Å². The van der Waals surface area contributed by atoms with Gasteiger partial charge in [0.1, 0.15) is 0 Å². The third-order valence-corrected chi connectivity index (χ3v) is 5.94. The molecule has 1 aromatic carbocycles. The highest BCUT2D eigenvalue weighted by molar-refractivity contribution is 7.99. The fraction of sp³-hybridized carbons (Fsp3) is 0.611. The third-order valence-electron chi connectivity index (χ3n) is 4.34. The van der Waals surface area contributed by atoms with Gasteiger partial charge in [0, 0.05) is 24.9 Å². The van der Waals surface area contributed by atoms with E-state index in [1.165, 1.54) is 5.56 Å². The van der Waals surface area contributed by atoms with Crippen LogP contribution in [-0.4, -0.2) is 42.2 Å². The molecule has 1 aromatic rings. The molecule has 1 saturated heterocycles. The predicted octanol–water partition coefficient (Wildman–Crippen LogP) is 3.58.